The van der Waals surface area contributed by atoms with Gasteiger partial charge in [-0.1, -0.05) is 0 Å². The number of carbonyl (C=O) groups excluding carboxylic acids is 2. The molecule has 2 amide bonds. The van der Waals surface area contributed by atoms with Crippen molar-refractivity contribution >= 4 is 17.5 Å². The maximum absolute atomic E-state index is 13.1. The summed E-state index contributed by atoms with van der Waals surface area (Å²) >= 11 is 0. The van der Waals surface area contributed by atoms with Crippen LogP contribution in [0.2, 0.25) is 0 Å². The number of halogens is 4. The number of rotatable bonds is 1. The lowest BCUT2D eigenvalue weighted by atomic mass is 10.1. The first kappa shape index (κ1) is 13.3. The lowest BCUT2D eigenvalue weighted by molar-refractivity contribution is -0.140. The van der Waals surface area contributed by atoms with Crippen LogP contribution >= 0.6 is 0 Å². The zero-order valence-corrected chi connectivity index (χ0v) is 9.58. The fraction of sp³-hybridized carbons (Fsp3) is 0.167. The topological polar surface area (TPSA) is 37.4 Å². The molecule has 0 saturated carbocycles. The molecule has 1 aromatic carbocycles. The van der Waals surface area contributed by atoms with E-state index in [2.05, 4.69) is 0 Å². The summed E-state index contributed by atoms with van der Waals surface area (Å²) in [5.41, 5.74) is -1.71. The molecule has 7 heteroatoms. The second-order valence-electron chi connectivity index (χ2n) is 3.97. The molecule has 1 aliphatic rings. The van der Waals surface area contributed by atoms with Crippen LogP contribution < -0.4 is 4.90 Å². The Kier molecular flexibility index (Phi) is 2.92. The lowest BCUT2D eigenvalue weighted by Crippen LogP contribution is -2.30. The van der Waals surface area contributed by atoms with E-state index >= 15 is 0 Å². The van der Waals surface area contributed by atoms with Crippen molar-refractivity contribution in [3.63, 3.8) is 0 Å². The first-order valence-electron chi connectivity index (χ1n) is 5.15. The van der Waals surface area contributed by atoms with E-state index < -0.39 is 29.4 Å². The monoisotopic (exact) mass is 273 g/mol. The third-order valence-electron chi connectivity index (χ3n) is 2.61. The van der Waals surface area contributed by atoms with Crippen molar-refractivity contribution in [3.8, 4) is 0 Å². The maximum atomic E-state index is 13.1. The standard InChI is InChI=1S/C12H7F4NO2/c1-6-4-10(18)17(11(6)19)7-2-3-9(13)8(5-7)12(14,15)16/h2-5H,1H3. The van der Waals surface area contributed by atoms with Gasteiger partial charge in [0.1, 0.15) is 5.82 Å². The van der Waals surface area contributed by atoms with Gasteiger partial charge >= 0.3 is 6.18 Å². The molecule has 0 spiro atoms. The van der Waals surface area contributed by atoms with Gasteiger partial charge in [-0.15, -0.1) is 0 Å². The molecule has 0 bridgehead atoms. The number of nitrogens with zero attached hydrogens (tertiary/aromatic N) is 1. The minimum Gasteiger partial charge on any atom is -0.269 e. The Balaban J connectivity index is 2.49. The number of imide groups is 1. The maximum Gasteiger partial charge on any atom is 0.419 e. The highest BCUT2D eigenvalue weighted by Crippen LogP contribution is 2.34. The molecule has 0 saturated heterocycles. The predicted molar refractivity (Wildman–Crippen MR) is 57.7 cm³/mol. The zero-order valence-electron chi connectivity index (χ0n) is 9.58. The fourth-order valence-corrected chi connectivity index (χ4v) is 1.70. The summed E-state index contributed by atoms with van der Waals surface area (Å²) < 4.78 is 50.7. The molecular formula is C12H7F4NO2. The van der Waals surface area contributed by atoms with Gasteiger partial charge in [-0.2, -0.15) is 13.2 Å². The van der Waals surface area contributed by atoms with Crippen LogP contribution in [0, 0.1) is 5.82 Å². The van der Waals surface area contributed by atoms with E-state index in [1.54, 1.807) is 0 Å². The second kappa shape index (κ2) is 4.18. The summed E-state index contributed by atoms with van der Waals surface area (Å²) in [5, 5.41) is 0. The lowest BCUT2D eigenvalue weighted by Gasteiger charge is -2.16. The van der Waals surface area contributed by atoms with Crippen LogP contribution in [0.3, 0.4) is 0 Å². The van der Waals surface area contributed by atoms with E-state index in [0.29, 0.717) is 17.0 Å². The van der Waals surface area contributed by atoms with Crippen LogP contribution in [0.1, 0.15) is 12.5 Å². The van der Waals surface area contributed by atoms with Gasteiger partial charge in [0.2, 0.25) is 0 Å². The van der Waals surface area contributed by atoms with Crippen LogP contribution in [0.25, 0.3) is 0 Å². The van der Waals surface area contributed by atoms with Gasteiger partial charge < -0.3 is 0 Å². The highest BCUT2D eigenvalue weighted by molar-refractivity contribution is 6.30. The van der Waals surface area contributed by atoms with Crippen LogP contribution in [-0.2, 0) is 15.8 Å². The number of anilines is 1. The fourth-order valence-electron chi connectivity index (χ4n) is 1.70. The largest absolute Gasteiger partial charge is 0.419 e. The van der Waals surface area contributed by atoms with Gasteiger partial charge in [-0.3, -0.25) is 9.59 Å². The number of hydrogen-bond acceptors (Lipinski definition) is 2. The summed E-state index contributed by atoms with van der Waals surface area (Å²) in [6, 6.07) is 1.97. The molecule has 0 unspecified atom stereocenters. The zero-order chi connectivity index (χ0) is 14.4. The van der Waals surface area contributed by atoms with Gasteiger partial charge in [-0.05, 0) is 25.1 Å². The van der Waals surface area contributed by atoms with Crippen molar-refractivity contribution in [2.24, 2.45) is 0 Å². The number of alkyl halides is 3. The van der Waals surface area contributed by atoms with Crippen molar-refractivity contribution in [2.45, 2.75) is 13.1 Å². The van der Waals surface area contributed by atoms with Gasteiger partial charge in [0.05, 0.1) is 11.3 Å². The van der Waals surface area contributed by atoms with E-state index in [1.165, 1.54) is 6.92 Å². The molecule has 19 heavy (non-hydrogen) atoms. The highest BCUT2D eigenvalue weighted by atomic mass is 19.4. The van der Waals surface area contributed by atoms with E-state index in [-0.39, 0.29) is 11.3 Å². The van der Waals surface area contributed by atoms with Crippen molar-refractivity contribution in [1.82, 2.24) is 0 Å². The molecule has 0 aliphatic carbocycles. The first-order chi connectivity index (χ1) is 8.71. The molecule has 3 nitrogen and oxygen atoms in total. The molecule has 0 atom stereocenters. The minimum atomic E-state index is -4.89. The molecule has 1 aromatic rings. The molecule has 0 N–H and O–H groups in total. The number of hydrogen-bond donors (Lipinski definition) is 0. The Morgan fingerprint density at radius 3 is 2.26 bits per heavy atom. The molecule has 2 rings (SSSR count). The Hall–Kier alpha value is -2.18. The normalized spacial score (nSPS) is 16.1. The summed E-state index contributed by atoms with van der Waals surface area (Å²) in [5.74, 6) is -2.92. The van der Waals surface area contributed by atoms with E-state index in [9.17, 15) is 27.2 Å². The highest BCUT2D eigenvalue weighted by Gasteiger charge is 2.36. The summed E-state index contributed by atoms with van der Waals surface area (Å²) in [6.07, 6.45) is -3.88. The van der Waals surface area contributed by atoms with Gasteiger partial charge in [0, 0.05) is 11.6 Å². The second-order valence-corrected chi connectivity index (χ2v) is 3.97. The minimum absolute atomic E-state index is 0.114. The van der Waals surface area contributed by atoms with Crippen LogP contribution in [0.4, 0.5) is 23.2 Å². The number of benzene rings is 1. The van der Waals surface area contributed by atoms with Gasteiger partial charge in [0.25, 0.3) is 11.8 Å². The third-order valence-corrected chi connectivity index (χ3v) is 2.61. The summed E-state index contributed by atoms with van der Waals surface area (Å²) in [4.78, 5) is 23.7. The SMILES string of the molecule is CC1=CC(=O)N(c2ccc(F)c(C(F)(F)F)c2)C1=O. The van der Waals surface area contributed by atoms with Crippen molar-refractivity contribution in [3.05, 3.63) is 41.2 Å². The predicted octanol–water partition coefficient (Wildman–Crippen LogP) is 2.66. The molecule has 0 fully saturated rings. The van der Waals surface area contributed by atoms with E-state index in [4.69, 9.17) is 0 Å². The Labute approximate surface area is 105 Å². The number of amides is 2. The molecule has 0 radical (unpaired) electrons. The third kappa shape index (κ3) is 2.23. The summed E-state index contributed by atoms with van der Waals surface area (Å²) in [6.45, 7) is 1.37. The Morgan fingerprint density at radius 2 is 1.79 bits per heavy atom. The van der Waals surface area contributed by atoms with Crippen LogP contribution in [0.15, 0.2) is 29.8 Å². The van der Waals surface area contributed by atoms with Crippen LogP contribution in [0.5, 0.6) is 0 Å². The molecular weight excluding hydrogens is 266 g/mol. The number of carbonyl (C=O) groups is 2. The molecule has 100 valence electrons. The Morgan fingerprint density at radius 1 is 1.16 bits per heavy atom. The average Bonchev–Trinajstić information content (AvgIpc) is 2.53. The van der Waals surface area contributed by atoms with Crippen LogP contribution in [-0.4, -0.2) is 11.8 Å². The van der Waals surface area contributed by atoms with E-state index in [0.717, 1.165) is 12.1 Å². The average molecular weight is 273 g/mol. The molecule has 0 aromatic heterocycles. The van der Waals surface area contributed by atoms with Gasteiger partial charge in [-0.25, -0.2) is 9.29 Å². The summed E-state index contributed by atoms with van der Waals surface area (Å²) in [7, 11) is 0. The van der Waals surface area contributed by atoms with Crippen molar-refractivity contribution in [1.29, 1.82) is 0 Å². The molecule has 1 heterocycles. The van der Waals surface area contributed by atoms with Gasteiger partial charge in [0.15, 0.2) is 0 Å². The Bertz CT molecular complexity index is 604. The van der Waals surface area contributed by atoms with Crippen molar-refractivity contribution < 1.29 is 27.2 Å². The quantitative estimate of drug-likeness (QED) is 0.582. The first-order valence-corrected chi connectivity index (χ1v) is 5.15. The van der Waals surface area contributed by atoms with E-state index in [1.807, 2.05) is 0 Å². The van der Waals surface area contributed by atoms with Crippen molar-refractivity contribution in [2.75, 3.05) is 4.90 Å². The molecule has 1 aliphatic heterocycles. The smallest absolute Gasteiger partial charge is 0.269 e.